The minimum Gasteiger partial charge on any atom is -0.487 e. The average molecular weight is 348 g/mol. The van der Waals surface area contributed by atoms with Crippen LogP contribution in [0.4, 0.5) is 5.69 Å². The third-order valence-electron chi connectivity index (χ3n) is 3.53. The van der Waals surface area contributed by atoms with Gasteiger partial charge < -0.3 is 15.8 Å². The lowest BCUT2D eigenvalue weighted by Gasteiger charge is -2.25. The molecule has 1 atom stereocenters. The Hall–Kier alpha value is -2.11. The predicted octanol–water partition coefficient (Wildman–Crippen LogP) is 3.63. The number of pyridine rings is 1. The zero-order valence-electron chi connectivity index (χ0n) is 14.0. The molecular formula is C18H22ClN3O2. The van der Waals surface area contributed by atoms with Crippen LogP contribution >= 0.6 is 11.6 Å². The first-order chi connectivity index (χ1) is 11.3. The van der Waals surface area contributed by atoms with E-state index in [1.165, 1.54) is 0 Å². The number of carbonyl (C=O) groups is 1. The fourth-order valence-corrected chi connectivity index (χ4v) is 2.19. The molecule has 5 nitrogen and oxygen atoms in total. The molecule has 0 unspecified atom stereocenters. The van der Waals surface area contributed by atoms with Crippen molar-refractivity contribution in [2.75, 3.05) is 5.32 Å². The van der Waals surface area contributed by atoms with Crippen molar-refractivity contribution in [1.82, 2.24) is 4.98 Å². The topological polar surface area (TPSA) is 77.2 Å². The van der Waals surface area contributed by atoms with E-state index < -0.39 is 6.04 Å². The molecule has 0 aliphatic rings. The molecule has 1 heterocycles. The molecule has 0 aliphatic heterocycles. The monoisotopic (exact) mass is 347 g/mol. The highest BCUT2D eigenvalue weighted by molar-refractivity contribution is 6.32. The van der Waals surface area contributed by atoms with Crippen LogP contribution in [-0.4, -0.2) is 16.9 Å². The minimum absolute atomic E-state index is 0.248. The first-order valence-corrected chi connectivity index (χ1v) is 8.03. The number of halogens is 1. The highest BCUT2D eigenvalue weighted by Crippen LogP contribution is 2.29. The largest absolute Gasteiger partial charge is 0.487 e. The van der Waals surface area contributed by atoms with Gasteiger partial charge in [-0.3, -0.25) is 9.78 Å². The van der Waals surface area contributed by atoms with Crippen LogP contribution < -0.4 is 15.8 Å². The summed E-state index contributed by atoms with van der Waals surface area (Å²) in [5.41, 5.74) is 7.16. The zero-order valence-corrected chi connectivity index (χ0v) is 14.8. The maximum Gasteiger partial charge on any atom is 0.241 e. The number of benzene rings is 1. The Morgan fingerprint density at radius 3 is 2.71 bits per heavy atom. The van der Waals surface area contributed by atoms with Crippen LogP contribution in [0.3, 0.4) is 0 Å². The van der Waals surface area contributed by atoms with E-state index in [9.17, 15) is 4.79 Å². The predicted molar refractivity (Wildman–Crippen MR) is 96.1 cm³/mol. The third-order valence-corrected chi connectivity index (χ3v) is 3.83. The number of hydrogen-bond donors (Lipinski definition) is 2. The van der Waals surface area contributed by atoms with Crippen molar-refractivity contribution in [3.05, 3.63) is 53.3 Å². The summed E-state index contributed by atoms with van der Waals surface area (Å²) in [6, 6.07) is 8.25. The van der Waals surface area contributed by atoms with E-state index in [-0.39, 0.29) is 11.3 Å². The SMILES string of the molecule is CC(C)(C)[C@H](N)C(=O)Nc1ccc(OCc2cccnc2)c(Cl)c1. The van der Waals surface area contributed by atoms with Gasteiger partial charge >= 0.3 is 0 Å². The van der Waals surface area contributed by atoms with Gasteiger partial charge in [-0.1, -0.05) is 38.4 Å². The summed E-state index contributed by atoms with van der Waals surface area (Å²) in [7, 11) is 0. The van der Waals surface area contributed by atoms with Crippen LogP contribution in [0.2, 0.25) is 5.02 Å². The average Bonchev–Trinajstić information content (AvgIpc) is 2.53. The Kier molecular flexibility index (Phi) is 5.80. The van der Waals surface area contributed by atoms with Gasteiger partial charge in [-0.25, -0.2) is 0 Å². The highest BCUT2D eigenvalue weighted by Gasteiger charge is 2.27. The molecule has 128 valence electrons. The number of nitrogens with zero attached hydrogens (tertiary/aromatic N) is 1. The third kappa shape index (κ3) is 4.94. The maximum absolute atomic E-state index is 12.1. The van der Waals surface area contributed by atoms with Gasteiger partial charge in [-0.15, -0.1) is 0 Å². The van der Waals surface area contributed by atoms with Gasteiger partial charge in [0.1, 0.15) is 12.4 Å². The van der Waals surface area contributed by atoms with E-state index in [0.29, 0.717) is 23.1 Å². The molecule has 2 aromatic rings. The second-order valence-electron chi connectivity index (χ2n) is 6.63. The maximum atomic E-state index is 12.1. The summed E-state index contributed by atoms with van der Waals surface area (Å²) >= 11 is 6.23. The molecule has 0 saturated heterocycles. The van der Waals surface area contributed by atoms with Gasteiger partial charge in [-0.05, 0) is 29.7 Å². The van der Waals surface area contributed by atoms with E-state index in [0.717, 1.165) is 5.56 Å². The molecule has 3 N–H and O–H groups in total. The molecule has 6 heteroatoms. The van der Waals surface area contributed by atoms with Crippen LogP contribution in [0.1, 0.15) is 26.3 Å². The molecule has 0 radical (unpaired) electrons. The fraction of sp³-hybridized carbons (Fsp3) is 0.333. The van der Waals surface area contributed by atoms with E-state index in [4.69, 9.17) is 22.1 Å². The molecule has 0 spiro atoms. The Labute approximate surface area is 147 Å². The van der Waals surface area contributed by atoms with Crippen molar-refractivity contribution in [1.29, 1.82) is 0 Å². The summed E-state index contributed by atoms with van der Waals surface area (Å²) in [6.07, 6.45) is 3.44. The minimum atomic E-state index is -0.613. The lowest BCUT2D eigenvalue weighted by molar-refractivity contribution is -0.119. The van der Waals surface area contributed by atoms with Gasteiger partial charge in [0.2, 0.25) is 5.91 Å². The molecule has 1 aromatic carbocycles. The van der Waals surface area contributed by atoms with Gasteiger partial charge in [-0.2, -0.15) is 0 Å². The van der Waals surface area contributed by atoms with E-state index in [1.807, 2.05) is 32.9 Å². The zero-order chi connectivity index (χ0) is 17.7. The first-order valence-electron chi connectivity index (χ1n) is 7.65. The van der Waals surface area contributed by atoms with Crippen LogP contribution in [0.15, 0.2) is 42.7 Å². The molecule has 0 bridgehead atoms. The number of rotatable bonds is 5. The van der Waals surface area contributed by atoms with Crippen molar-refractivity contribution in [2.24, 2.45) is 11.1 Å². The number of amides is 1. The smallest absolute Gasteiger partial charge is 0.241 e. The summed E-state index contributed by atoms with van der Waals surface area (Å²) in [5, 5.41) is 3.19. The molecule has 0 aliphatic carbocycles. The lowest BCUT2D eigenvalue weighted by atomic mass is 9.87. The van der Waals surface area contributed by atoms with Gasteiger partial charge in [0.25, 0.3) is 0 Å². The van der Waals surface area contributed by atoms with Crippen molar-refractivity contribution >= 4 is 23.2 Å². The number of aromatic nitrogens is 1. The van der Waals surface area contributed by atoms with E-state index >= 15 is 0 Å². The molecule has 1 aromatic heterocycles. The van der Waals surface area contributed by atoms with Crippen molar-refractivity contribution in [2.45, 2.75) is 33.4 Å². The normalized spacial score (nSPS) is 12.5. The van der Waals surface area contributed by atoms with Crippen molar-refractivity contribution < 1.29 is 9.53 Å². The Morgan fingerprint density at radius 2 is 2.12 bits per heavy atom. The van der Waals surface area contributed by atoms with E-state index in [2.05, 4.69) is 10.3 Å². The Balaban J connectivity index is 2.00. The number of nitrogens with one attached hydrogen (secondary N) is 1. The number of carbonyl (C=O) groups excluding carboxylic acids is 1. The standard InChI is InChI=1S/C18H22ClN3O2/c1-18(2,3)16(20)17(23)22-13-6-7-15(14(19)9-13)24-11-12-5-4-8-21-10-12/h4-10,16H,11,20H2,1-3H3,(H,22,23)/t16-/m1/s1. The molecule has 1 amide bonds. The lowest BCUT2D eigenvalue weighted by Crippen LogP contribution is -2.45. The van der Waals surface area contributed by atoms with Gasteiger partial charge in [0.15, 0.2) is 0 Å². The van der Waals surface area contributed by atoms with Crippen molar-refractivity contribution in [3.63, 3.8) is 0 Å². The molecule has 0 fully saturated rings. The molecule has 0 saturated carbocycles. The summed E-state index contributed by atoms with van der Waals surface area (Å²) in [5.74, 6) is 0.293. The van der Waals surface area contributed by atoms with Crippen LogP contribution in [0.25, 0.3) is 0 Å². The quantitative estimate of drug-likeness (QED) is 0.865. The molecule has 24 heavy (non-hydrogen) atoms. The second kappa shape index (κ2) is 7.64. The van der Waals surface area contributed by atoms with Crippen LogP contribution in [0, 0.1) is 5.41 Å². The van der Waals surface area contributed by atoms with Gasteiger partial charge in [0, 0.05) is 23.6 Å². The van der Waals surface area contributed by atoms with E-state index in [1.54, 1.807) is 30.6 Å². The number of hydrogen-bond acceptors (Lipinski definition) is 4. The van der Waals surface area contributed by atoms with Crippen molar-refractivity contribution in [3.8, 4) is 5.75 Å². The molecular weight excluding hydrogens is 326 g/mol. The number of nitrogens with two attached hydrogens (primary N) is 1. The van der Waals surface area contributed by atoms with Crippen LogP contribution in [0.5, 0.6) is 5.75 Å². The summed E-state index contributed by atoms with van der Waals surface area (Å²) in [6.45, 7) is 6.12. The number of anilines is 1. The summed E-state index contributed by atoms with van der Waals surface area (Å²) in [4.78, 5) is 16.2. The Morgan fingerprint density at radius 1 is 1.38 bits per heavy atom. The van der Waals surface area contributed by atoms with Gasteiger partial charge in [0.05, 0.1) is 11.1 Å². The fourth-order valence-electron chi connectivity index (χ4n) is 1.95. The Bertz CT molecular complexity index is 699. The number of ether oxygens (including phenoxy) is 1. The second-order valence-corrected chi connectivity index (χ2v) is 7.04. The van der Waals surface area contributed by atoms with Crippen LogP contribution in [-0.2, 0) is 11.4 Å². The highest BCUT2D eigenvalue weighted by atomic mass is 35.5. The first kappa shape index (κ1) is 18.2. The summed E-state index contributed by atoms with van der Waals surface area (Å²) < 4.78 is 5.68. The molecule has 2 rings (SSSR count).